The van der Waals surface area contributed by atoms with Gasteiger partial charge < -0.3 is 4.57 Å². The molecule has 2 aromatic carbocycles. The summed E-state index contributed by atoms with van der Waals surface area (Å²) >= 11 is 3.75. The Morgan fingerprint density at radius 2 is 1.82 bits per heavy atom. The van der Waals surface area contributed by atoms with Gasteiger partial charge in [0.25, 0.3) is 0 Å². The lowest BCUT2D eigenvalue weighted by atomic mass is 10.0. The van der Waals surface area contributed by atoms with Gasteiger partial charge in [0.2, 0.25) is 0 Å². The predicted octanol–water partition coefficient (Wildman–Crippen LogP) is 6.03. The third kappa shape index (κ3) is 3.28. The summed E-state index contributed by atoms with van der Waals surface area (Å²) in [5.41, 5.74) is 6.63. The van der Waals surface area contributed by atoms with E-state index in [1.807, 2.05) is 4.68 Å². The van der Waals surface area contributed by atoms with Crippen molar-refractivity contribution >= 4 is 27.1 Å². The number of rotatable bonds is 5. The van der Waals surface area contributed by atoms with Crippen molar-refractivity contribution in [2.45, 2.75) is 46.6 Å². The normalized spacial score (nSPS) is 11.6. The van der Waals surface area contributed by atoms with Crippen LogP contribution in [0.25, 0.3) is 16.9 Å². The molecule has 0 atom stereocenters. The Kier molecular flexibility index (Phi) is 5.11. The Labute approximate surface area is 174 Å². The topological polar surface area (TPSA) is 35.6 Å². The first kappa shape index (κ1) is 18.9. The van der Waals surface area contributed by atoms with E-state index in [2.05, 4.69) is 96.7 Å². The molecule has 0 unspecified atom stereocenters. The highest BCUT2D eigenvalue weighted by atomic mass is 79.9. The van der Waals surface area contributed by atoms with Crippen molar-refractivity contribution in [3.8, 4) is 5.69 Å². The second kappa shape index (κ2) is 7.55. The van der Waals surface area contributed by atoms with Gasteiger partial charge in [-0.05, 0) is 52.0 Å². The summed E-state index contributed by atoms with van der Waals surface area (Å²) in [6, 6.07) is 17.0. The Bertz CT molecular complexity index is 1120. The van der Waals surface area contributed by atoms with Crippen LogP contribution in [0.3, 0.4) is 0 Å². The largest absolute Gasteiger partial charge is 0.321 e. The van der Waals surface area contributed by atoms with Crippen LogP contribution in [0.2, 0.25) is 0 Å². The molecule has 0 aliphatic carbocycles. The minimum Gasteiger partial charge on any atom is -0.321 e. The molecule has 2 aromatic heterocycles. The van der Waals surface area contributed by atoms with E-state index in [1.54, 1.807) is 0 Å². The molecule has 5 heteroatoms. The molecular weight excluding hydrogens is 412 g/mol. The number of hydrogen-bond donors (Lipinski definition) is 0. The van der Waals surface area contributed by atoms with Crippen molar-refractivity contribution < 1.29 is 0 Å². The van der Waals surface area contributed by atoms with Crippen LogP contribution in [0.15, 0.2) is 53.0 Å². The van der Waals surface area contributed by atoms with Crippen molar-refractivity contribution in [3.63, 3.8) is 0 Å². The SMILES string of the molecule is CCc1nc2c(c(C)nn2-c2ccc(C(C)C)cc2Br)n1Cc1ccccc1. The van der Waals surface area contributed by atoms with E-state index in [9.17, 15) is 0 Å². The van der Waals surface area contributed by atoms with Crippen molar-refractivity contribution in [2.24, 2.45) is 0 Å². The molecule has 144 valence electrons. The Balaban J connectivity index is 1.86. The summed E-state index contributed by atoms with van der Waals surface area (Å²) in [7, 11) is 0. The van der Waals surface area contributed by atoms with Crippen LogP contribution in [-0.2, 0) is 13.0 Å². The molecule has 28 heavy (non-hydrogen) atoms. The number of aryl methyl sites for hydroxylation is 2. The summed E-state index contributed by atoms with van der Waals surface area (Å²) in [5, 5.41) is 4.84. The molecule has 0 aliphatic heterocycles. The average molecular weight is 437 g/mol. The van der Waals surface area contributed by atoms with E-state index in [-0.39, 0.29) is 0 Å². The lowest BCUT2D eigenvalue weighted by Gasteiger charge is -2.10. The molecule has 0 N–H and O–H groups in total. The summed E-state index contributed by atoms with van der Waals surface area (Å²) in [6.07, 6.45) is 0.883. The van der Waals surface area contributed by atoms with Gasteiger partial charge in [-0.1, -0.05) is 57.2 Å². The molecule has 0 saturated carbocycles. The Morgan fingerprint density at radius 3 is 2.46 bits per heavy atom. The Morgan fingerprint density at radius 1 is 1.07 bits per heavy atom. The number of aromatic nitrogens is 4. The number of fused-ring (bicyclic) bond motifs is 1. The number of hydrogen-bond acceptors (Lipinski definition) is 2. The van der Waals surface area contributed by atoms with E-state index in [4.69, 9.17) is 10.1 Å². The minimum atomic E-state index is 0.488. The van der Waals surface area contributed by atoms with E-state index in [0.717, 1.165) is 45.8 Å². The van der Waals surface area contributed by atoms with Gasteiger partial charge in [0.05, 0.1) is 11.4 Å². The second-order valence-corrected chi connectivity index (χ2v) is 8.34. The first-order chi connectivity index (χ1) is 13.5. The zero-order valence-electron chi connectivity index (χ0n) is 16.8. The fourth-order valence-electron chi connectivity index (χ4n) is 3.66. The molecule has 0 aliphatic rings. The van der Waals surface area contributed by atoms with E-state index >= 15 is 0 Å². The number of imidazole rings is 1. The van der Waals surface area contributed by atoms with Gasteiger partial charge in [0, 0.05) is 17.4 Å². The zero-order chi connectivity index (χ0) is 19.8. The maximum absolute atomic E-state index is 4.97. The Hall–Kier alpha value is -2.40. The molecule has 0 bridgehead atoms. The number of halogens is 1. The minimum absolute atomic E-state index is 0.488. The highest BCUT2D eigenvalue weighted by molar-refractivity contribution is 9.10. The molecule has 0 amide bonds. The predicted molar refractivity (Wildman–Crippen MR) is 118 cm³/mol. The second-order valence-electron chi connectivity index (χ2n) is 7.49. The van der Waals surface area contributed by atoms with Crippen LogP contribution in [0.4, 0.5) is 0 Å². The molecule has 0 spiro atoms. The molecule has 0 fully saturated rings. The van der Waals surface area contributed by atoms with Gasteiger partial charge in [0.1, 0.15) is 11.3 Å². The third-order valence-electron chi connectivity index (χ3n) is 5.19. The first-order valence-corrected chi connectivity index (χ1v) is 10.6. The van der Waals surface area contributed by atoms with Gasteiger partial charge in [-0.2, -0.15) is 5.10 Å². The van der Waals surface area contributed by atoms with Crippen LogP contribution in [0.5, 0.6) is 0 Å². The molecule has 4 rings (SSSR count). The van der Waals surface area contributed by atoms with E-state index < -0.39 is 0 Å². The van der Waals surface area contributed by atoms with E-state index in [1.165, 1.54) is 11.1 Å². The molecule has 0 radical (unpaired) electrons. The summed E-state index contributed by atoms with van der Waals surface area (Å²) in [6.45, 7) is 9.44. The van der Waals surface area contributed by atoms with Crippen molar-refractivity contribution in [3.05, 3.63) is 75.6 Å². The van der Waals surface area contributed by atoms with Gasteiger partial charge in [0.15, 0.2) is 5.65 Å². The lowest BCUT2D eigenvalue weighted by molar-refractivity contribution is 0.744. The molecule has 4 nitrogen and oxygen atoms in total. The van der Waals surface area contributed by atoms with Crippen LogP contribution in [0, 0.1) is 6.92 Å². The molecule has 4 aromatic rings. The monoisotopic (exact) mass is 436 g/mol. The van der Waals surface area contributed by atoms with Crippen LogP contribution in [-0.4, -0.2) is 19.3 Å². The van der Waals surface area contributed by atoms with Crippen molar-refractivity contribution in [1.82, 2.24) is 19.3 Å². The maximum atomic E-state index is 4.97. The van der Waals surface area contributed by atoms with Crippen LogP contribution < -0.4 is 0 Å². The first-order valence-electron chi connectivity index (χ1n) is 9.78. The fraction of sp³-hybridized carbons (Fsp3) is 0.304. The summed E-state index contributed by atoms with van der Waals surface area (Å²) in [5.74, 6) is 1.57. The summed E-state index contributed by atoms with van der Waals surface area (Å²) in [4.78, 5) is 4.97. The fourth-order valence-corrected chi connectivity index (χ4v) is 4.23. The van der Waals surface area contributed by atoms with E-state index in [0.29, 0.717) is 5.92 Å². The summed E-state index contributed by atoms with van der Waals surface area (Å²) < 4.78 is 5.32. The average Bonchev–Trinajstić information content (AvgIpc) is 3.20. The van der Waals surface area contributed by atoms with Crippen molar-refractivity contribution in [2.75, 3.05) is 0 Å². The molecular formula is C23H25BrN4. The maximum Gasteiger partial charge on any atom is 0.181 e. The van der Waals surface area contributed by atoms with Gasteiger partial charge in [-0.15, -0.1) is 0 Å². The quantitative estimate of drug-likeness (QED) is 0.382. The highest BCUT2D eigenvalue weighted by Crippen LogP contribution is 2.30. The number of benzene rings is 2. The van der Waals surface area contributed by atoms with Gasteiger partial charge in [-0.25, -0.2) is 9.67 Å². The lowest BCUT2D eigenvalue weighted by Crippen LogP contribution is -2.05. The van der Waals surface area contributed by atoms with Crippen LogP contribution >= 0.6 is 15.9 Å². The smallest absolute Gasteiger partial charge is 0.181 e. The third-order valence-corrected chi connectivity index (χ3v) is 5.82. The molecule has 2 heterocycles. The van der Waals surface area contributed by atoms with Crippen molar-refractivity contribution in [1.29, 1.82) is 0 Å². The highest BCUT2D eigenvalue weighted by Gasteiger charge is 2.20. The molecule has 0 saturated heterocycles. The standard InChI is InChI=1S/C23H25BrN4/c1-5-21-25-23-22(27(21)14-17-9-7-6-8-10-17)16(4)26-28(23)20-12-11-18(15(2)3)13-19(20)24/h6-13,15H,5,14H2,1-4H3. The van der Waals surface area contributed by atoms with Crippen LogP contribution in [0.1, 0.15) is 49.3 Å². The zero-order valence-corrected chi connectivity index (χ0v) is 18.4. The number of nitrogens with zero attached hydrogens (tertiary/aromatic N) is 4. The van der Waals surface area contributed by atoms with Gasteiger partial charge >= 0.3 is 0 Å². The van der Waals surface area contributed by atoms with Gasteiger partial charge in [-0.3, -0.25) is 0 Å².